The minimum absolute atomic E-state index is 0.0494. The fraction of sp³-hybridized carbons (Fsp3) is 0.0556. The van der Waals surface area contributed by atoms with Crippen LogP contribution >= 0.6 is 0 Å². The predicted molar refractivity (Wildman–Crippen MR) is 90.8 cm³/mol. The molecule has 5 nitrogen and oxygen atoms in total. The Bertz CT molecular complexity index is 913. The van der Waals surface area contributed by atoms with Gasteiger partial charge in [0.15, 0.2) is 0 Å². The predicted octanol–water partition coefficient (Wildman–Crippen LogP) is 4.06. The van der Waals surface area contributed by atoms with Gasteiger partial charge in [-0.25, -0.2) is 18.7 Å². The number of carbonyl (C=O) groups is 1. The van der Waals surface area contributed by atoms with Gasteiger partial charge < -0.3 is 10.6 Å². The SMILES string of the molecule is Cc1ccc(Nc2nccc(C(=O)Nc3ccc(F)cc3F)n2)cc1. The molecule has 2 N–H and O–H groups in total. The maximum Gasteiger partial charge on any atom is 0.274 e. The average molecular weight is 340 g/mol. The van der Waals surface area contributed by atoms with Crippen molar-refractivity contribution in [1.29, 1.82) is 0 Å². The van der Waals surface area contributed by atoms with E-state index in [1.54, 1.807) is 0 Å². The van der Waals surface area contributed by atoms with Crippen molar-refractivity contribution in [3.05, 3.63) is 77.6 Å². The minimum atomic E-state index is -0.861. The van der Waals surface area contributed by atoms with E-state index in [-0.39, 0.29) is 17.3 Å². The highest BCUT2D eigenvalue weighted by molar-refractivity contribution is 6.03. The zero-order valence-corrected chi connectivity index (χ0v) is 13.3. The number of carbonyl (C=O) groups excluding carboxylic acids is 1. The van der Waals surface area contributed by atoms with Crippen LogP contribution < -0.4 is 10.6 Å². The zero-order chi connectivity index (χ0) is 17.8. The number of nitrogens with one attached hydrogen (secondary N) is 2. The summed E-state index contributed by atoms with van der Waals surface area (Å²) in [6, 6.07) is 11.9. The molecule has 0 aliphatic rings. The molecule has 1 amide bonds. The summed E-state index contributed by atoms with van der Waals surface area (Å²) in [4.78, 5) is 20.4. The van der Waals surface area contributed by atoms with Crippen LogP contribution in [0.3, 0.4) is 0 Å². The minimum Gasteiger partial charge on any atom is -0.324 e. The Balaban J connectivity index is 1.76. The molecule has 25 heavy (non-hydrogen) atoms. The number of nitrogens with zero attached hydrogens (tertiary/aromatic N) is 2. The first-order chi connectivity index (χ1) is 12.0. The third-order valence-corrected chi connectivity index (χ3v) is 3.38. The van der Waals surface area contributed by atoms with Crippen LogP contribution in [0.2, 0.25) is 0 Å². The Morgan fingerprint density at radius 2 is 1.80 bits per heavy atom. The summed E-state index contributed by atoms with van der Waals surface area (Å²) in [6.07, 6.45) is 1.42. The fourth-order valence-corrected chi connectivity index (χ4v) is 2.09. The van der Waals surface area contributed by atoms with Gasteiger partial charge in [-0.1, -0.05) is 17.7 Å². The summed E-state index contributed by atoms with van der Waals surface area (Å²) in [7, 11) is 0. The number of rotatable bonds is 4. The lowest BCUT2D eigenvalue weighted by molar-refractivity contribution is 0.102. The highest BCUT2D eigenvalue weighted by Crippen LogP contribution is 2.17. The van der Waals surface area contributed by atoms with Crippen molar-refractivity contribution in [3.63, 3.8) is 0 Å². The van der Waals surface area contributed by atoms with Crippen LogP contribution in [0.5, 0.6) is 0 Å². The average Bonchev–Trinajstić information content (AvgIpc) is 2.60. The molecule has 0 aliphatic carbocycles. The molecule has 0 atom stereocenters. The Labute approximate surface area is 142 Å². The molecule has 0 unspecified atom stereocenters. The Hall–Kier alpha value is -3.35. The zero-order valence-electron chi connectivity index (χ0n) is 13.3. The molecule has 7 heteroatoms. The third kappa shape index (κ3) is 4.14. The fourth-order valence-electron chi connectivity index (χ4n) is 2.09. The van der Waals surface area contributed by atoms with Crippen molar-refractivity contribution in [2.45, 2.75) is 6.92 Å². The van der Waals surface area contributed by atoms with Gasteiger partial charge in [-0.15, -0.1) is 0 Å². The number of hydrogen-bond donors (Lipinski definition) is 2. The van der Waals surface area contributed by atoms with E-state index in [2.05, 4.69) is 20.6 Å². The van der Waals surface area contributed by atoms with Gasteiger partial charge in [0.05, 0.1) is 5.69 Å². The molecular formula is C18H14F2N4O. The van der Waals surface area contributed by atoms with Gasteiger partial charge in [0.1, 0.15) is 17.3 Å². The van der Waals surface area contributed by atoms with Crippen LogP contribution in [0.4, 0.5) is 26.1 Å². The standard InChI is InChI=1S/C18H14F2N4O/c1-11-2-5-13(6-3-11)22-18-21-9-8-16(24-18)17(25)23-15-7-4-12(19)10-14(15)20/h2-10H,1H3,(H,23,25)(H,21,22,24). The summed E-state index contributed by atoms with van der Waals surface area (Å²) in [6.45, 7) is 1.97. The van der Waals surface area contributed by atoms with Crippen molar-refractivity contribution >= 4 is 23.2 Å². The molecule has 0 saturated carbocycles. The van der Waals surface area contributed by atoms with Crippen molar-refractivity contribution in [1.82, 2.24) is 9.97 Å². The number of benzene rings is 2. The van der Waals surface area contributed by atoms with Crippen molar-refractivity contribution in [2.24, 2.45) is 0 Å². The Kier molecular flexibility index (Phi) is 4.65. The van der Waals surface area contributed by atoms with Gasteiger partial charge in [-0.3, -0.25) is 4.79 Å². The molecule has 0 radical (unpaired) electrons. The second-order valence-corrected chi connectivity index (χ2v) is 5.33. The van der Waals surface area contributed by atoms with Crippen LogP contribution in [-0.4, -0.2) is 15.9 Å². The van der Waals surface area contributed by atoms with E-state index in [0.29, 0.717) is 6.07 Å². The van der Waals surface area contributed by atoms with E-state index in [1.807, 2.05) is 31.2 Å². The summed E-state index contributed by atoms with van der Waals surface area (Å²) in [5.41, 5.74) is 1.81. The van der Waals surface area contributed by atoms with Crippen LogP contribution in [-0.2, 0) is 0 Å². The lowest BCUT2D eigenvalue weighted by Crippen LogP contribution is -2.15. The van der Waals surface area contributed by atoms with Crippen LogP contribution in [0.15, 0.2) is 54.7 Å². The Morgan fingerprint density at radius 1 is 1.04 bits per heavy atom. The first kappa shape index (κ1) is 16.5. The van der Waals surface area contributed by atoms with Gasteiger partial charge in [0.25, 0.3) is 5.91 Å². The van der Waals surface area contributed by atoms with Crippen molar-refractivity contribution in [3.8, 4) is 0 Å². The van der Waals surface area contributed by atoms with E-state index in [9.17, 15) is 13.6 Å². The summed E-state index contributed by atoms with van der Waals surface area (Å²) in [5.74, 6) is -1.97. The first-order valence-electron chi connectivity index (χ1n) is 7.44. The van der Waals surface area contributed by atoms with E-state index in [0.717, 1.165) is 23.4 Å². The van der Waals surface area contributed by atoms with Crippen LogP contribution in [0, 0.1) is 18.6 Å². The molecule has 0 fully saturated rings. The second kappa shape index (κ2) is 7.04. The molecule has 3 rings (SSSR count). The molecule has 0 spiro atoms. The second-order valence-electron chi connectivity index (χ2n) is 5.33. The molecule has 1 heterocycles. The summed E-state index contributed by atoms with van der Waals surface area (Å²) >= 11 is 0. The van der Waals surface area contributed by atoms with Gasteiger partial charge >= 0.3 is 0 Å². The normalized spacial score (nSPS) is 10.4. The van der Waals surface area contributed by atoms with E-state index in [1.165, 1.54) is 12.3 Å². The van der Waals surface area contributed by atoms with E-state index in [4.69, 9.17) is 0 Å². The molecule has 1 aromatic heterocycles. The lowest BCUT2D eigenvalue weighted by atomic mass is 10.2. The number of halogens is 2. The van der Waals surface area contributed by atoms with Crippen LogP contribution in [0.1, 0.15) is 16.1 Å². The van der Waals surface area contributed by atoms with Gasteiger partial charge in [-0.2, -0.15) is 0 Å². The van der Waals surface area contributed by atoms with E-state index < -0.39 is 17.5 Å². The largest absolute Gasteiger partial charge is 0.324 e. The molecule has 126 valence electrons. The quantitative estimate of drug-likeness (QED) is 0.752. The summed E-state index contributed by atoms with van der Waals surface area (Å²) in [5, 5.41) is 5.34. The topological polar surface area (TPSA) is 66.9 Å². The molecule has 0 saturated heterocycles. The highest BCUT2D eigenvalue weighted by Gasteiger charge is 2.12. The van der Waals surface area contributed by atoms with Gasteiger partial charge in [-0.05, 0) is 37.3 Å². The maximum absolute atomic E-state index is 13.6. The smallest absolute Gasteiger partial charge is 0.274 e. The molecule has 3 aromatic rings. The number of aromatic nitrogens is 2. The number of anilines is 3. The first-order valence-corrected chi connectivity index (χ1v) is 7.44. The van der Waals surface area contributed by atoms with E-state index >= 15 is 0 Å². The van der Waals surface area contributed by atoms with Crippen molar-refractivity contribution < 1.29 is 13.6 Å². The number of hydrogen-bond acceptors (Lipinski definition) is 4. The lowest BCUT2D eigenvalue weighted by Gasteiger charge is -2.08. The monoisotopic (exact) mass is 340 g/mol. The number of amides is 1. The highest BCUT2D eigenvalue weighted by atomic mass is 19.1. The van der Waals surface area contributed by atoms with Gasteiger partial charge in [0, 0.05) is 18.0 Å². The molecule has 2 aromatic carbocycles. The van der Waals surface area contributed by atoms with Gasteiger partial charge in [0.2, 0.25) is 5.95 Å². The molecule has 0 bridgehead atoms. The maximum atomic E-state index is 13.6. The Morgan fingerprint density at radius 3 is 2.52 bits per heavy atom. The third-order valence-electron chi connectivity index (χ3n) is 3.38. The molecular weight excluding hydrogens is 326 g/mol. The summed E-state index contributed by atoms with van der Waals surface area (Å²) < 4.78 is 26.5. The number of aryl methyl sites for hydroxylation is 1. The molecule has 0 aliphatic heterocycles. The van der Waals surface area contributed by atoms with Crippen LogP contribution in [0.25, 0.3) is 0 Å². The van der Waals surface area contributed by atoms with Crippen molar-refractivity contribution in [2.75, 3.05) is 10.6 Å².